The van der Waals surface area contributed by atoms with Gasteiger partial charge in [0.25, 0.3) is 0 Å². The number of ether oxygens (including phenoxy) is 1. The topological polar surface area (TPSA) is 118 Å². The van der Waals surface area contributed by atoms with Gasteiger partial charge in [0.2, 0.25) is 0 Å². The second-order valence-electron chi connectivity index (χ2n) is 9.20. The highest BCUT2D eigenvalue weighted by atomic mass is 19.1. The molecule has 3 aliphatic rings. The number of halogens is 1. The minimum atomic E-state index is -0.215. The minimum Gasteiger partial charge on any atom is -0.421 e. The van der Waals surface area contributed by atoms with E-state index in [1.165, 1.54) is 0 Å². The third-order valence-electron chi connectivity index (χ3n) is 7.53. The van der Waals surface area contributed by atoms with Crippen molar-refractivity contribution in [3.05, 3.63) is 35.7 Å². The predicted molar refractivity (Wildman–Crippen MR) is 122 cm³/mol. The maximum absolute atomic E-state index is 15.4. The van der Waals surface area contributed by atoms with Crippen LogP contribution in [0.4, 0.5) is 15.9 Å². The molecule has 0 bridgehead atoms. The molecule has 2 aliphatic heterocycles. The molecular formula is C23H23FN8O. The first-order valence-electron chi connectivity index (χ1n) is 11.3. The van der Waals surface area contributed by atoms with E-state index >= 15 is 4.39 Å². The summed E-state index contributed by atoms with van der Waals surface area (Å²) in [7, 11) is 1.79. The molecule has 4 atom stereocenters. The molecular weight excluding hydrogens is 423 g/mol. The summed E-state index contributed by atoms with van der Waals surface area (Å²) in [4.78, 5) is 23.6. The largest absolute Gasteiger partial charge is 0.421 e. The van der Waals surface area contributed by atoms with Crippen molar-refractivity contribution in [2.45, 2.75) is 44.3 Å². The zero-order valence-corrected chi connectivity index (χ0v) is 18.3. The van der Waals surface area contributed by atoms with E-state index in [9.17, 15) is 0 Å². The van der Waals surface area contributed by atoms with Crippen molar-refractivity contribution in [3.8, 4) is 11.8 Å². The lowest BCUT2D eigenvalue weighted by Gasteiger charge is -2.54. The lowest BCUT2D eigenvalue weighted by Crippen LogP contribution is -2.66. The molecule has 0 amide bonds. The van der Waals surface area contributed by atoms with Crippen LogP contribution in [0, 0.1) is 18.7 Å². The van der Waals surface area contributed by atoms with Gasteiger partial charge in [-0.05, 0) is 32.3 Å². The number of aromatic amines is 1. The number of nitrogens with zero attached hydrogens (tertiary/aromatic N) is 5. The first-order valence-corrected chi connectivity index (χ1v) is 11.3. The summed E-state index contributed by atoms with van der Waals surface area (Å²) in [6.45, 7) is 1.81. The molecule has 33 heavy (non-hydrogen) atoms. The van der Waals surface area contributed by atoms with E-state index < -0.39 is 0 Å². The number of hydrogen-bond acceptors (Lipinski definition) is 8. The van der Waals surface area contributed by atoms with Crippen LogP contribution in [-0.2, 0) is 6.42 Å². The molecule has 10 heteroatoms. The second kappa shape index (κ2) is 6.50. The van der Waals surface area contributed by atoms with Crippen LogP contribution in [0.25, 0.3) is 21.9 Å². The molecule has 5 heterocycles. The van der Waals surface area contributed by atoms with Crippen LogP contribution in [0.5, 0.6) is 11.8 Å². The molecule has 9 nitrogen and oxygen atoms in total. The van der Waals surface area contributed by atoms with E-state index in [1.54, 1.807) is 25.5 Å². The van der Waals surface area contributed by atoms with Crippen LogP contribution in [-0.4, -0.2) is 50.1 Å². The molecule has 1 saturated carbocycles. The Bertz CT molecular complexity index is 1430. The highest BCUT2D eigenvalue weighted by molar-refractivity contribution is 6.17. The molecule has 1 aromatic carbocycles. The predicted octanol–water partition coefficient (Wildman–Crippen LogP) is 3.03. The Morgan fingerprint density at radius 2 is 2.00 bits per heavy atom. The molecule has 1 saturated heterocycles. The van der Waals surface area contributed by atoms with Crippen molar-refractivity contribution >= 4 is 33.4 Å². The van der Waals surface area contributed by atoms with Crippen molar-refractivity contribution in [1.82, 2.24) is 24.9 Å². The van der Waals surface area contributed by atoms with Gasteiger partial charge in [0.15, 0.2) is 5.75 Å². The van der Waals surface area contributed by atoms with E-state index in [0.717, 1.165) is 34.9 Å². The van der Waals surface area contributed by atoms with Gasteiger partial charge in [0.1, 0.15) is 23.1 Å². The maximum Gasteiger partial charge on any atom is 0.326 e. The quantitative estimate of drug-likeness (QED) is 0.440. The van der Waals surface area contributed by atoms with Gasteiger partial charge in [-0.1, -0.05) is 0 Å². The third kappa shape index (κ3) is 2.49. The summed E-state index contributed by atoms with van der Waals surface area (Å²) in [6, 6.07) is 2.29. The lowest BCUT2D eigenvalue weighted by atomic mass is 9.77. The number of benzene rings is 1. The summed E-state index contributed by atoms with van der Waals surface area (Å²) >= 11 is 0. The van der Waals surface area contributed by atoms with E-state index in [4.69, 9.17) is 15.5 Å². The van der Waals surface area contributed by atoms with Gasteiger partial charge in [-0.2, -0.15) is 9.97 Å². The monoisotopic (exact) mass is 446 g/mol. The Kier molecular flexibility index (Phi) is 3.74. The van der Waals surface area contributed by atoms with Gasteiger partial charge < -0.3 is 25.7 Å². The Labute approximate surface area is 188 Å². The molecule has 4 aromatic rings. The molecule has 3 aromatic heterocycles. The van der Waals surface area contributed by atoms with Crippen LogP contribution in [0.1, 0.15) is 24.2 Å². The molecule has 4 N–H and O–H groups in total. The molecule has 0 radical (unpaired) electrons. The fourth-order valence-corrected chi connectivity index (χ4v) is 6.12. The normalized spacial score (nSPS) is 25.2. The van der Waals surface area contributed by atoms with Gasteiger partial charge >= 0.3 is 6.01 Å². The molecule has 168 valence electrons. The van der Waals surface area contributed by atoms with Crippen LogP contribution >= 0.6 is 0 Å². The van der Waals surface area contributed by atoms with Crippen LogP contribution in [0.3, 0.4) is 0 Å². The molecule has 0 spiro atoms. The molecule has 2 fully saturated rings. The fourth-order valence-electron chi connectivity index (χ4n) is 6.12. The van der Waals surface area contributed by atoms with Gasteiger partial charge in [-0.25, -0.2) is 14.4 Å². The Hall–Kier alpha value is -3.53. The summed E-state index contributed by atoms with van der Waals surface area (Å²) in [5.74, 6) is 2.01. The number of H-pyrrole nitrogens is 1. The Balaban J connectivity index is 1.48. The van der Waals surface area contributed by atoms with E-state index in [2.05, 4.69) is 30.2 Å². The number of rotatable bonds is 3. The van der Waals surface area contributed by atoms with Crippen LogP contribution in [0.2, 0.25) is 0 Å². The van der Waals surface area contributed by atoms with Crippen molar-refractivity contribution < 1.29 is 9.13 Å². The van der Waals surface area contributed by atoms with Gasteiger partial charge in [-0.15, -0.1) is 0 Å². The summed E-state index contributed by atoms with van der Waals surface area (Å²) in [5, 5.41) is 4.79. The number of fused-ring (bicyclic) bond motifs is 5. The zero-order chi connectivity index (χ0) is 22.4. The van der Waals surface area contributed by atoms with Gasteiger partial charge in [0.05, 0.1) is 29.0 Å². The van der Waals surface area contributed by atoms with Crippen molar-refractivity contribution in [2.75, 3.05) is 17.3 Å². The van der Waals surface area contributed by atoms with Crippen LogP contribution < -0.4 is 20.7 Å². The molecule has 1 aliphatic carbocycles. The smallest absolute Gasteiger partial charge is 0.326 e. The standard InChI is InChI=1S/C23H23FN8O/c1-9-27-7-10(8-28-9)33-23-30-21-19-17-11(12(24)6-14(26-2)20(17)29-21)5-16-18-13(25)3-4-15(18)32(16)22(19)31-23/h6-8,13,15-16,18,26H,3-5,25H2,1-2H3,(H,29,30,31)/t13-,15+,16+,18-/m1/s1. The van der Waals surface area contributed by atoms with Crippen molar-refractivity contribution in [3.63, 3.8) is 0 Å². The lowest BCUT2D eigenvalue weighted by molar-refractivity contribution is 0.215. The van der Waals surface area contributed by atoms with E-state index in [0.29, 0.717) is 46.9 Å². The third-order valence-corrected chi connectivity index (χ3v) is 7.53. The van der Waals surface area contributed by atoms with Gasteiger partial charge in [0, 0.05) is 42.0 Å². The highest BCUT2D eigenvalue weighted by Crippen LogP contribution is 2.53. The summed E-state index contributed by atoms with van der Waals surface area (Å²) in [5.41, 5.74) is 9.30. The number of nitrogens with one attached hydrogen (secondary N) is 2. The summed E-state index contributed by atoms with van der Waals surface area (Å²) in [6.07, 6.45) is 5.77. The Morgan fingerprint density at radius 1 is 1.18 bits per heavy atom. The second-order valence-corrected chi connectivity index (χ2v) is 9.20. The van der Waals surface area contributed by atoms with Crippen molar-refractivity contribution in [2.24, 2.45) is 11.7 Å². The number of aryl methyl sites for hydroxylation is 1. The van der Waals surface area contributed by atoms with Crippen LogP contribution in [0.15, 0.2) is 18.5 Å². The first kappa shape index (κ1) is 19.0. The first-order chi connectivity index (χ1) is 16.0. The zero-order valence-electron chi connectivity index (χ0n) is 18.3. The van der Waals surface area contributed by atoms with Gasteiger partial charge in [-0.3, -0.25) is 0 Å². The SMILES string of the molecule is CNc1cc(F)c2c3c1[nH]c1nc(Oc4cnc(C)nc4)nc(c13)N1[C@H]3CC[C@@H](N)[C@H]3[C@@H]1C2. The maximum atomic E-state index is 15.4. The molecule has 7 rings (SSSR count). The minimum absolute atomic E-state index is 0.103. The highest BCUT2D eigenvalue weighted by Gasteiger charge is 2.56. The average Bonchev–Trinajstić information content (AvgIpc) is 3.28. The number of nitrogens with two attached hydrogens (primary N) is 1. The number of aromatic nitrogens is 5. The molecule has 0 unspecified atom stereocenters. The summed E-state index contributed by atoms with van der Waals surface area (Å²) < 4.78 is 21.3. The average molecular weight is 446 g/mol. The number of hydrogen-bond donors (Lipinski definition) is 3. The van der Waals surface area contributed by atoms with Crippen molar-refractivity contribution in [1.29, 1.82) is 0 Å². The number of anilines is 2. The van der Waals surface area contributed by atoms with E-state index in [1.807, 2.05) is 6.92 Å². The fraction of sp³-hybridized carbons (Fsp3) is 0.391. The Morgan fingerprint density at radius 3 is 2.79 bits per heavy atom. The van der Waals surface area contributed by atoms with E-state index in [-0.39, 0.29) is 23.9 Å².